The number of hydrogen-bond acceptors (Lipinski definition) is 8. The normalized spacial score (nSPS) is 11.5. The molecule has 4 heterocycles. The zero-order valence-corrected chi connectivity index (χ0v) is 32.1. The first-order chi connectivity index (χ1) is 20.2. The molecule has 0 radical (unpaired) electrons. The predicted octanol–water partition coefficient (Wildman–Crippen LogP) is 12.3. The van der Waals surface area contributed by atoms with E-state index in [0.717, 1.165) is 27.1 Å². The Bertz CT molecular complexity index is 1340. The Labute approximate surface area is 283 Å². The fourth-order valence-electron chi connectivity index (χ4n) is 3.15. The van der Waals surface area contributed by atoms with E-state index in [4.69, 9.17) is 0 Å². The second-order valence-corrected chi connectivity index (χ2v) is 17.6. The first kappa shape index (κ1) is 39.5. The van der Waals surface area contributed by atoms with Crippen LogP contribution in [-0.4, -0.2) is 18.7 Å². The minimum absolute atomic E-state index is 0.164. The summed E-state index contributed by atoms with van der Waals surface area (Å²) in [5.41, 5.74) is 5.25. The summed E-state index contributed by atoms with van der Waals surface area (Å²) in [5.74, 6) is 0. The second-order valence-electron chi connectivity index (χ2n) is 14.2. The summed E-state index contributed by atoms with van der Waals surface area (Å²) in [6, 6.07) is 2.09. The van der Waals surface area contributed by atoms with Crippen LogP contribution in [0.15, 0.2) is 49.3 Å². The van der Waals surface area contributed by atoms with E-state index in [0.29, 0.717) is 0 Å². The highest BCUT2D eigenvalue weighted by Crippen LogP contribution is 2.29. The minimum atomic E-state index is 0.164. The molecule has 4 nitrogen and oxygen atoms in total. The van der Waals surface area contributed by atoms with Crippen LogP contribution in [0.1, 0.15) is 125 Å². The summed E-state index contributed by atoms with van der Waals surface area (Å²) in [5, 5.41) is 6.21. The Morgan fingerprint density at radius 3 is 1.52 bits per heavy atom. The van der Waals surface area contributed by atoms with Crippen molar-refractivity contribution in [3.8, 4) is 0 Å². The van der Waals surface area contributed by atoms with Crippen molar-refractivity contribution in [2.24, 2.45) is 0 Å². The van der Waals surface area contributed by atoms with Gasteiger partial charge in [0.05, 0.1) is 17.1 Å². The van der Waals surface area contributed by atoms with Crippen molar-refractivity contribution in [2.75, 3.05) is 0 Å². The summed E-state index contributed by atoms with van der Waals surface area (Å²) in [6.45, 7) is 40.9. The molecule has 0 aliphatic carbocycles. The Morgan fingerprint density at radius 2 is 1.23 bits per heavy atom. The van der Waals surface area contributed by atoms with E-state index < -0.39 is 0 Å². The molecule has 0 bridgehead atoms. The SMILES string of the molecule is C=Cc1cc(C(C)(C)C)sn1.C=Cc1nc(C(C)(C)C)cs1.C=Cc1ncc(C(C)(C)C)s1.C=Cc1nscc1C(C)(C)C. The second kappa shape index (κ2) is 16.7. The van der Waals surface area contributed by atoms with Gasteiger partial charge in [-0.25, -0.2) is 9.97 Å². The lowest BCUT2D eigenvalue weighted by Gasteiger charge is -2.16. The predicted molar refractivity (Wildman–Crippen MR) is 204 cm³/mol. The van der Waals surface area contributed by atoms with E-state index in [-0.39, 0.29) is 21.7 Å². The summed E-state index contributed by atoms with van der Waals surface area (Å²) in [4.78, 5) is 11.2. The van der Waals surface area contributed by atoms with Crippen molar-refractivity contribution in [3.05, 3.63) is 91.8 Å². The molecule has 0 N–H and O–H groups in total. The van der Waals surface area contributed by atoms with Crippen molar-refractivity contribution < 1.29 is 0 Å². The van der Waals surface area contributed by atoms with Crippen LogP contribution in [0.2, 0.25) is 0 Å². The molecule has 0 spiro atoms. The van der Waals surface area contributed by atoms with Crippen molar-refractivity contribution in [1.29, 1.82) is 0 Å². The Balaban J connectivity index is 0.000000293. The van der Waals surface area contributed by atoms with Crippen LogP contribution in [0.4, 0.5) is 0 Å². The molecule has 240 valence electrons. The standard InChI is InChI=1S/4C9H13NS/c1-5-8-10-7(6-11-8)9(2,3)4;1-5-8-10-6-7(11-8)9(2,3)4;1-5-8-7(6-11-10-8)9(2,3)4;1-5-7-6-8(11-10-7)9(2,3)4/h4*5-6H,1H2,2-4H3. The lowest BCUT2D eigenvalue weighted by Crippen LogP contribution is -2.11. The van der Waals surface area contributed by atoms with Crippen LogP contribution in [-0.2, 0) is 21.7 Å². The average Bonchev–Trinajstić information content (AvgIpc) is 3.74. The van der Waals surface area contributed by atoms with E-state index in [1.165, 1.54) is 26.9 Å². The molecule has 0 saturated heterocycles. The molecule has 0 unspecified atom stereocenters. The smallest absolute Gasteiger partial charge is 0.115 e. The van der Waals surface area contributed by atoms with E-state index in [2.05, 4.69) is 145 Å². The average molecular weight is 669 g/mol. The molecule has 4 rings (SSSR count). The zero-order chi connectivity index (χ0) is 33.9. The van der Waals surface area contributed by atoms with E-state index >= 15 is 0 Å². The third kappa shape index (κ3) is 13.2. The molecule has 0 aliphatic rings. The Morgan fingerprint density at radius 1 is 0.636 bits per heavy atom. The molecule has 0 saturated carbocycles. The van der Waals surface area contributed by atoms with Gasteiger partial charge in [-0.3, -0.25) is 0 Å². The lowest BCUT2D eigenvalue weighted by molar-refractivity contribution is 0.573. The summed E-state index contributed by atoms with van der Waals surface area (Å²) < 4.78 is 8.45. The molecule has 4 aromatic rings. The molecule has 0 aromatic carbocycles. The van der Waals surface area contributed by atoms with Gasteiger partial charge in [-0.15, -0.1) is 22.7 Å². The number of hydrogen-bond donors (Lipinski definition) is 0. The van der Waals surface area contributed by atoms with Gasteiger partial charge in [0.15, 0.2) is 0 Å². The van der Waals surface area contributed by atoms with Gasteiger partial charge in [-0.1, -0.05) is 109 Å². The van der Waals surface area contributed by atoms with Crippen molar-refractivity contribution in [2.45, 2.75) is 105 Å². The van der Waals surface area contributed by atoms with Gasteiger partial charge in [-0.2, -0.15) is 8.75 Å². The molecule has 8 heteroatoms. The molecule has 0 aliphatic heterocycles. The highest BCUT2D eigenvalue weighted by molar-refractivity contribution is 7.12. The maximum absolute atomic E-state index is 4.40. The molecular formula is C36H52N4S4. The Kier molecular flexibility index (Phi) is 15.0. The molecule has 44 heavy (non-hydrogen) atoms. The molecule has 0 atom stereocenters. The zero-order valence-electron chi connectivity index (χ0n) is 28.9. The van der Waals surface area contributed by atoms with Gasteiger partial charge in [0.2, 0.25) is 0 Å². The third-order valence-corrected chi connectivity index (χ3v) is 10.1. The number of rotatable bonds is 4. The van der Waals surface area contributed by atoms with E-state index in [1.54, 1.807) is 52.4 Å². The molecular weight excluding hydrogens is 617 g/mol. The summed E-state index contributed by atoms with van der Waals surface area (Å²) >= 11 is 6.41. The maximum atomic E-state index is 4.40. The van der Waals surface area contributed by atoms with Crippen LogP contribution in [0.3, 0.4) is 0 Å². The third-order valence-electron chi connectivity index (χ3n) is 5.98. The highest BCUT2D eigenvalue weighted by Gasteiger charge is 2.19. The fourth-order valence-corrected chi connectivity index (χ4v) is 6.56. The van der Waals surface area contributed by atoms with Crippen LogP contribution >= 0.6 is 45.7 Å². The highest BCUT2D eigenvalue weighted by atomic mass is 32.1. The molecule has 0 fully saturated rings. The number of nitrogens with zero attached hydrogens (tertiary/aromatic N) is 4. The van der Waals surface area contributed by atoms with Gasteiger partial charge in [0.1, 0.15) is 10.0 Å². The lowest BCUT2D eigenvalue weighted by atomic mass is 9.88. The molecule has 0 amide bonds. The number of thiazole rings is 2. The first-order valence-electron chi connectivity index (χ1n) is 14.5. The summed E-state index contributed by atoms with van der Waals surface area (Å²) in [7, 11) is 0. The van der Waals surface area contributed by atoms with Crippen LogP contribution in [0.5, 0.6) is 0 Å². The van der Waals surface area contributed by atoms with Crippen LogP contribution < -0.4 is 0 Å². The van der Waals surface area contributed by atoms with Crippen LogP contribution in [0.25, 0.3) is 24.3 Å². The largest absolute Gasteiger partial charge is 0.245 e. The first-order valence-corrected chi connectivity index (χ1v) is 17.8. The van der Waals surface area contributed by atoms with Gasteiger partial charge in [0.25, 0.3) is 0 Å². The van der Waals surface area contributed by atoms with Crippen molar-refractivity contribution in [1.82, 2.24) is 18.7 Å². The monoisotopic (exact) mass is 668 g/mol. The minimum Gasteiger partial charge on any atom is -0.245 e. The number of aromatic nitrogens is 4. The van der Waals surface area contributed by atoms with Gasteiger partial charge in [0, 0.05) is 32.1 Å². The van der Waals surface area contributed by atoms with Gasteiger partial charge < -0.3 is 0 Å². The maximum Gasteiger partial charge on any atom is 0.115 e. The van der Waals surface area contributed by atoms with Crippen LogP contribution in [0, 0.1) is 0 Å². The van der Waals surface area contributed by atoms with Crippen molar-refractivity contribution >= 4 is 70.0 Å². The topological polar surface area (TPSA) is 51.6 Å². The summed E-state index contributed by atoms with van der Waals surface area (Å²) in [6.07, 6.45) is 9.12. The van der Waals surface area contributed by atoms with E-state index in [1.807, 2.05) is 12.3 Å². The Hall–Kier alpha value is -2.52. The van der Waals surface area contributed by atoms with Gasteiger partial charge in [-0.05, 0) is 75.2 Å². The van der Waals surface area contributed by atoms with Gasteiger partial charge >= 0.3 is 0 Å². The fraction of sp³-hybridized carbons (Fsp3) is 0.444. The van der Waals surface area contributed by atoms with Crippen molar-refractivity contribution in [3.63, 3.8) is 0 Å². The molecule has 4 aromatic heterocycles. The van der Waals surface area contributed by atoms with E-state index in [9.17, 15) is 0 Å². The quantitative estimate of drug-likeness (QED) is 0.217.